The van der Waals surface area contributed by atoms with Gasteiger partial charge in [-0.15, -0.1) is 0 Å². The third-order valence-corrected chi connectivity index (χ3v) is 8.40. The smallest absolute Gasteiger partial charge is 0.314 e. The fourth-order valence-corrected chi connectivity index (χ4v) is 6.51. The molecule has 0 aliphatic carbocycles. The first-order chi connectivity index (χ1) is 19.4. The Hall–Kier alpha value is -4.35. The van der Waals surface area contributed by atoms with Gasteiger partial charge in [0.15, 0.2) is 0 Å². The third-order valence-electron chi connectivity index (χ3n) is 7.00. The van der Waals surface area contributed by atoms with Crippen LogP contribution in [0.2, 0.25) is 0 Å². The maximum atomic E-state index is 12.9. The molecule has 2 unspecified atom stereocenters. The van der Waals surface area contributed by atoms with E-state index in [1.807, 2.05) is 53.5 Å². The van der Waals surface area contributed by atoms with Gasteiger partial charge in [-0.25, -0.2) is 5.01 Å². The number of halogens is 1. The number of carbonyl (C=O) groups is 1. The van der Waals surface area contributed by atoms with Gasteiger partial charge in [0.05, 0.1) is 27.1 Å². The molecule has 0 bridgehead atoms. The Bertz CT molecular complexity index is 1750. The Morgan fingerprint density at radius 3 is 2.73 bits per heavy atom. The molecular formula is C29H19BrN4O5S. The minimum absolute atomic E-state index is 0.0549. The maximum Gasteiger partial charge on any atom is 0.314 e. The van der Waals surface area contributed by atoms with E-state index in [0.29, 0.717) is 34.2 Å². The Morgan fingerprint density at radius 1 is 1.10 bits per heavy atom. The van der Waals surface area contributed by atoms with Crippen LogP contribution < -0.4 is 10.1 Å². The summed E-state index contributed by atoms with van der Waals surface area (Å²) in [4.78, 5) is 24.6. The van der Waals surface area contributed by atoms with E-state index in [1.54, 1.807) is 36.4 Å². The van der Waals surface area contributed by atoms with Crippen LogP contribution >= 0.6 is 27.7 Å². The lowest BCUT2D eigenvalue weighted by atomic mass is 9.96. The quantitative estimate of drug-likeness (QED) is 0.189. The van der Waals surface area contributed by atoms with E-state index in [4.69, 9.17) is 14.3 Å². The molecule has 1 amide bonds. The van der Waals surface area contributed by atoms with E-state index in [0.717, 1.165) is 33.1 Å². The van der Waals surface area contributed by atoms with Crippen molar-refractivity contribution in [3.05, 3.63) is 121 Å². The number of hydrogen-bond donors (Lipinski definition) is 1. The van der Waals surface area contributed by atoms with E-state index in [1.165, 1.54) is 6.07 Å². The Morgan fingerprint density at radius 2 is 1.90 bits per heavy atom. The number of hydrogen-bond acceptors (Lipinski definition) is 8. The molecule has 4 heterocycles. The number of fused-ring (bicyclic) bond motifs is 4. The highest BCUT2D eigenvalue weighted by Gasteiger charge is 2.58. The Balaban J connectivity index is 1.34. The normalized spacial score (nSPS) is 22.1. The molecule has 1 spiro atoms. The first-order valence-corrected chi connectivity index (χ1v) is 14.0. The van der Waals surface area contributed by atoms with E-state index >= 15 is 0 Å². The van der Waals surface area contributed by atoms with Crippen molar-refractivity contribution >= 4 is 50.4 Å². The highest BCUT2D eigenvalue weighted by atomic mass is 79.9. The topological polar surface area (TPSA) is 110 Å². The molecule has 1 fully saturated rings. The van der Waals surface area contributed by atoms with Crippen LogP contribution in [-0.2, 0) is 0 Å². The lowest BCUT2D eigenvalue weighted by molar-refractivity contribution is -0.384. The lowest BCUT2D eigenvalue weighted by Gasteiger charge is -2.45. The lowest BCUT2D eigenvalue weighted by Crippen LogP contribution is -2.61. The van der Waals surface area contributed by atoms with Crippen molar-refractivity contribution in [2.75, 3.05) is 0 Å². The monoisotopic (exact) mass is 614 g/mol. The number of nitrogens with one attached hydrogen (secondary N) is 1. The van der Waals surface area contributed by atoms with Crippen LogP contribution in [0, 0.1) is 10.1 Å². The zero-order valence-electron chi connectivity index (χ0n) is 20.6. The molecule has 9 nitrogen and oxygen atoms in total. The number of carbonyl (C=O) groups excluding carboxylic acids is 1. The van der Waals surface area contributed by atoms with Crippen molar-refractivity contribution in [1.82, 2.24) is 10.3 Å². The number of rotatable bonds is 4. The van der Waals surface area contributed by atoms with Gasteiger partial charge < -0.3 is 9.15 Å². The van der Waals surface area contributed by atoms with Gasteiger partial charge in [-0.3, -0.25) is 20.2 Å². The first-order valence-electron chi connectivity index (χ1n) is 12.4. The van der Waals surface area contributed by atoms with Crippen LogP contribution in [-0.4, -0.2) is 26.7 Å². The van der Waals surface area contributed by atoms with E-state index in [-0.39, 0.29) is 17.0 Å². The number of hydrazone groups is 1. The van der Waals surface area contributed by atoms with E-state index < -0.39 is 10.8 Å². The summed E-state index contributed by atoms with van der Waals surface area (Å²) in [5.74, 6) is 0.0104. The summed E-state index contributed by atoms with van der Waals surface area (Å²) in [7, 11) is 0. The molecule has 198 valence electrons. The van der Waals surface area contributed by atoms with Crippen molar-refractivity contribution < 1.29 is 18.9 Å². The summed E-state index contributed by atoms with van der Waals surface area (Å²) in [6, 6.07) is 25.3. The van der Waals surface area contributed by atoms with Crippen molar-refractivity contribution in [3.63, 3.8) is 0 Å². The van der Waals surface area contributed by atoms with Gasteiger partial charge in [-0.2, -0.15) is 5.10 Å². The zero-order chi connectivity index (χ0) is 27.4. The Labute approximate surface area is 240 Å². The number of nitro benzene ring substituents is 1. The van der Waals surface area contributed by atoms with Gasteiger partial charge in [0.25, 0.3) is 10.9 Å². The fourth-order valence-electron chi connectivity index (χ4n) is 5.24. The van der Waals surface area contributed by atoms with Gasteiger partial charge in [-0.1, -0.05) is 58.4 Å². The van der Waals surface area contributed by atoms with Gasteiger partial charge >= 0.3 is 5.85 Å². The molecule has 1 aromatic heterocycles. The maximum absolute atomic E-state index is 12.9. The molecule has 1 saturated heterocycles. The molecule has 4 aromatic rings. The fraction of sp³-hybridized carbons (Fsp3) is 0.103. The van der Waals surface area contributed by atoms with Crippen molar-refractivity contribution in [1.29, 1.82) is 0 Å². The SMILES string of the molecule is O=C1NC2(Oc3ccc(Br)cc3C3CC(c4ccccc4)=NN32)/C(=C/c2ccc(-c3ccccc3[N+](=O)[O-])o2)S1. The number of furan rings is 1. The molecule has 1 N–H and O–H groups in total. The number of thioether (sulfide) groups is 1. The second-order valence-corrected chi connectivity index (χ2v) is 11.3. The highest BCUT2D eigenvalue weighted by Crippen LogP contribution is 2.53. The predicted octanol–water partition coefficient (Wildman–Crippen LogP) is 7.31. The number of nitrogens with zero attached hydrogens (tertiary/aromatic N) is 3. The standard InChI is InChI=1S/C29H19BrN4O5S/c30-18-10-12-26-21(14-18)24-16-22(17-6-2-1-3-7-17)32-33(24)29(39-26)27(40-28(35)31-29)15-19-11-13-25(38-19)20-8-4-5-9-23(20)34(36)37/h1-15,24H,16H2,(H,31,35)/b27-15-. The summed E-state index contributed by atoms with van der Waals surface area (Å²) in [6.45, 7) is 0. The van der Waals surface area contributed by atoms with Crippen molar-refractivity contribution in [2.45, 2.75) is 18.3 Å². The number of para-hydroxylation sites is 1. The minimum Gasteiger partial charge on any atom is -0.456 e. The van der Waals surface area contributed by atoms with Gasteiger partial charge in [0.1, 0.15) is 17.3 Å². The van der Waals surface area contributed by atoms with Crippen molar-refractivity contribution in [2.24, 2.45) is 5.10 Å². The summed E-state index contributed by atoms with van der Waals surface area (Å²) < 4.78 is 13.5. The molecule has 3 aromatic carbocycles. The molecule has 0 saturated carbocycles. The summed E-state index contributed by atoms with van der Waals surface area (Å²) in [5.41, 5.74) is 3.14. The van der Waals surface area contributed by atoms with Gasteiger partial charge in [0.2, 0.25) is 0 Å². The average Bonchev–Trinajstić information content (AvgIpc) is 3.68. The average molecular weight is 615 g/mol. The largest absolute Gasteiger partial charge is 0.456 e. The van der Waals surface area contributed by atoms with Crippen LogP contribution in [0.15, 0.2) is 104 Å². The third kappa shape index (κ3) is 4.00. The molecule has 7 rings (SSSR count). The number of nitro groups is 1. The molecule has 11 heteroatoms. The van der Waals surface area contributed by atoms with Crippen LogP contribution in [0.4, 0.5) is 10.5 Å². The summed E-state index contributed by atoms with van der Waals surface area (Å²) in [5, 5.41) is 21.1. The highest BCUT2D eigenvalue weighted by molar-refractivity contribution is 9.10. The number of amides is 1. The molecule has 0 radical (unpaired) electrons. The van der Waals surface area contributed by atoms with Crippen LogP contribution in [0.25, 0.3) is 17.4 Å². The zero-order valence-corrected chi connectivity index (χ0v) is 23.0. The Kier molecular flexibility index (Phi) is 5.79. The van der Waals surface area contributed by atoms with E-state index in [2.05, 4.69) is 21.2 Å². The predicted molar refractivity (Wildman–Crippen MR) is 155 cm³/mol. The van der Waals surface area contributed by atoms with E-state index in [9.17, 15) is 14.9 Å². The minimum atomic E-state index is -1.39. The van der Waals surface area contributed by atoms with Gasteiger partial charge in [0, 0.05) is 22.5 Å². The van der Waals surface area contributed by atoms with Crippen LogP contribution in [0.1, 0.15) is 29.3 Å². The molecule has 3 aliphatic rings. The first kappa shape index (κ1) is 24.7. The number of benzene rings is 3. The molecular weight excluding hydrogens is 596 g/mol. The number of ether oxygens (including phenoxy) is 1. The molecule has 2 atom stereocenters. The second kappa shape index (κ2) is 9.39. The van der Waals surface area contributed by atoms with Crippen molar-refractivity contribution in [3.8, 4) is 17.1 Å². The summed E-state index contributed by atoms with van der Waals surface area (Å²) >= 11 is 4.57. The molecule has 3 aliphatic heterocycles. The van der Waals surface area contributed by atoms with Crippen LogP contribution in [0.3, 0.4) is 0 Å². The van der Waals surface area contributed by atoms with Gasteiger partial charge in [-0.05, 0) is 59.8 Å². The second-order valence-electron chi connectivity index (χ2n) is 9.40. The molecule has 40 heavy (non-hydrogen) atoms. The van der Waals surface area contributed by atoms with Crippen LogP contribution in [0.5, 0.6) is 5.75 Å². The summed E-state index contributed by atoms with van der Waals surface area (Å²) in [6.07, 6.45) is 2.34.